The molecular weight excluding hydrogens is 315 g/mol. The average Bonchev–Trinajstić information content (AvgIpc) is 3.18. The van der Waals surface area contributed by atoms with Crippen molar-refractivity contribution in [1.82, 2.24) is 19.5 Å². The lowest BCUT2D eigenvalue weighted by molar-refractivity contribution is 0.635. The molecule has 2 aromatic heterocycles. The van der Waals surface area contributed by atoms with Crippen LogP contribution >= 0.6 is 0 Å². The molecule has 5 rings (SSSR count). The molecule has 0 saturated heterocycles. The Morgan fingerprint density at radius 3 is 2.92 bits per heavy atom. The second-order valence-corrected chi connectivity index (χ2v) is 6.23. The number of para-hydroxylation sites is 1. The van der Waals surface area contributed by atoms with E-state index in [2.05, 4.69) is 45.1 Å². The highest BCUT2D eigenvalue weighted by Gasteiger charge is 2.20. The maximum Gasteiger partial charge on any atom is 0.149 e. The van der Waals surface area contributed by atoms with Crippen LogP contribution in [-0.2, 0) is 19.4 Å². The zero-order valence-electron chi connectivity index (χ0n) is 13.4. The average molecular weight is 329 g/mol. The van der Waals surface area contributed by atoms with Gasteiger partial charge in [0.15, 0.2) is 0 Å². The van der Waals surface area contributed by atoms with E-state index in [1.54, 1.807) is 12.1 Å². The first-order valence-electron chi connectivity index (χ1n) is 8.25. The molecule has 2 aromatic carbocycles. The summed E-state index contributed by atoms with van der Waals surface area (Å²) >= 11 is 0. The molecule has 1 aliphatic rings. The van der Waals surface area contributed by atoms with Gasteiger partial charge in [-0.1, -0.05) is 36.4 Å². The van der Waals surface area contributed by atoms with Gasteiger partial charge < -0.3 is 4.57 Å². The smallest absolute Gasteiger partial charge is 0.149 e. The van der Waals surface area contributed by atoms with Crippen LogP contribution in [0.1, 0.15) is 17.1 Å². The van der Waals surface area contributed by atoms with E-state index in [1.807, 2.05) is 6.07 Å². The molecule has 0 atom stereocenters. The normalized spacial score (nSPS) is 12.4. The van der Waals surface area contributed by atoms with Gasteiger partial charge >= 0.3 is 0 Å². The van der Waals surface area contributed by atoms with Crippen molar-refractivity contribution in [3.63, 3.8) is 0 Å². The molecule has 0 amide bonds. The first-order valence-corrected chi connectivity index (χ1v) is 8.25. The zero-order valence-corrected chi connectivity index (χ0v) is 13.4. The Labute approximate surface area is 144 Å². The van der Waals surface area contributed by atoms with Gasteiger partial charge in [0, 0.05) is 30.1 Å². The number of hydrogen-bond acceptors (Lipinski definition) is 3. The van der Waals surface area contributed by atoms with Crippen LogP contribution in [-0.4, -0.2) is 19.5 Å². The van der Waals surface area contributed by atoms with Gasteiger partial charge in [-0.05, 0) is 18.1 Å². The van der Waals surface area contributed by atoms with Crippen molar-refractivity contribution in [2.24, 2.45) is 0 Å². The predicted octanol–water partition coefficient (Wildman–Crippen LogP) is 3.58. The molecule has 3 heterocycles. The first kappa shape index (κ1) is 14.3. The fraction of sp³-hybridized carbons (Fsp3) is 0.150. The van der Waals surface area contributed by atoms with Crippen molar-refractivity contribution < 1.29 is 4.39 Å². The van der Waals surface area contributed by atoms with E-state index >= 15 is 0 Å². The summed E-state index contributed by atoms with van der Waals surface area (Å²) in [4.78, 5) is 13.3. The number of aryl methyl sites for hydroxylation is 2. The number of aromatic nitrogens is 4. The molecule has 1 radical (unpaired) electrons. The molecule has 25 heavy (non-hydrogen) atoms. The summed E-state index contributed by atoms with van der Waals surface area (Å²) in [7, 11) is 0. The van der Waals surface area contributed by atoms with Crippen LogP contribution in [0.25, 0.3) is 22.3 Å². The molecule has 1 aliphatic heterocycles. The van der Waals surface area contributed by atoms with Crippen LogP contribution in [0.4, 0.5) is 4.39 Å². The second-order valence-electron chi connectivity index (χ2n) is 6.23. The summed E-state index contributed by atoms with van der Waals surface area (Å²) in [5.74, 6) is 1.27. The largest absolute Gasteiger partial charge is 0.326 e. The van der Waals surface area contributed by atoms with Crippen LogP contribution in [0.2, 0.25) is 0 Å². The third-order valence-electron chi connectivity index (χ3n) is 4.56. The summed E-state index contributed by atoms with van der Waals surface area (Å²) in [5.41, 5.74) is 3.83. The molecule has 0 spiro atoms. The molecule has 121 valence electrons. The Hall–Kier alpha value is -3.08. The van der Waals surface area contributed by atoms with Gasteiger partial charge in [0.25, 0.3) is 0 Å². The Morgan fingerprint density at radius 2 is 1.96 bits per heavy atom. The van der Waals surface area contributed by atoms with Crippen molar-refractivity contribution in [1.29, 1.82) is 0 Å². The number of rotatable bonds is 3. The molecular formula is C20H14FN4. The minimum atomic E-state index is -0.338. The fourth-order valence-corrected chi connectivity index (χ4v) is 3.34. The van der Waals surface area contributed by atoms with Crippen LogP contribution in [0.15, 0.2) is 48.7 Å². The molecule has 0 unspecified atom stereocenters. The maximum absolute atomic E-state index is 13.9. The fourth-order valence-electron chi connectivity index (χ4n) is 3.34. The highest BCUT2D eigenvalue weighted by molar-refractivity contribution is 5.77. The number of hydrogen-bond donors (Lipinski definition) is 0. The Morgan fingerprint density at radius 1 is 1.04 bits per heavy atom. The van der Waals surface area contributed by atoms with Gasteiger partial charge in [-0.15, -0.1) is 0 Å². The highest BCUT2D eigenvalue weighted by atomic mass is 19.1. The molecule has 0 saturated carbocycles. The molecule has 4 aromatic rings. The Bertz CT molecular complexity index is 1100. The monoisotopic (exact) mass is 329 g/mol. The highest BCUT2D eigenvalue weighted by Crippen LogP contribution is 2.30. The van der Waals surface area contributed by atoms with E-state index in [-0.39, 0.29) is 5.82 Å². The van der Waals surface area contributed by atoms with Crippen LogP contribution in [0, 0.1) is 12.0 Å². The van der Waals surface area contributed by atoms with Crippen LogP contribution in [0.3, 0.4) is 0 Å². The predicted molar refractivity (Wildman–Crippen MR) is 92.5 cm³/mol. The lowest BCUT2D eigenvalue weighted by Crippen LogP contribution is -2.00. The van der Waals surface area contributed by atoms with E-state index in [0.717, 1.165) is 24.5 Å². The van der Waals surface area contributed by atoms with Crippen LogP contribution < -0.4 is 0 Å². The molecule has 0 N–H and O–H groups in total. The SMILES string of the molecule is Fc1cccc2[c]nc(CCc3cn4c(n3)-c3ccccc3C4)nc12. The summed E-state index contributed by atoms with van der Waals surface area (Å²) in [5, 5.41) is 0.598. The molecule has 0 aliphatic carbocycles. The third-order valence-corrected chi connectivity index (χ3v) is 4.56. The van der Waals surface area contributed by atoms with E-state index in [9.17, 15) is 4.39 Å². The molecule has 4 nitrogen and oxygen atoms in total. The van der Waals surface area contributed by atoms with Gasteiger partial charge in [0.05, 0.1) is 5.69 Å². The Kier molecular flexibility index (Phi) is 3.13. The van der Waals surface area contributed by atoms with Gasteiger partial charge in [-0.25, -0.2) is 19.3 Å². The second kappa shape index (κ2) is 5.48. The van der Waals surface area contributed by atoms with Gasteiger partial charge in [0.2, 0.25) is 0 Å². The van der Waals surface area contributed by atoms with E-state index in [0.29, 0.717) is 23.1 Å². The number of fused-ring (bicyclic) bond motifs is 4. The molecule has 5 heteroatoms. The van der Waals surface area contributed by atoms with E-state index in [1.165, 1.54) is 17.2 Å². The van der Waals surface area contributed by atoms with E-state index in [4.69, 9.17) is 4.98 Å². The van der Waals surface area contributed by atoms with Crippen molar-refractivity contribution >= 4 is 10.9 Å². The summed E-state index contributed by atoms with van der Waals surface area (Å²) < 4.78 is 16.0. The van der Waals surface area contributed by atoms with Crippen molar-refractivity contribution in [3.05, 3.63) is 77.8 Å². The minimum absolute atomic E-state index is 0.328. The number of halogens is 1. The van der Waals surface area contributed by atoms with Crippen molar-refractivity contribution in [2.75, 3.05) is 0 Å². The third kappa shape index (κ3) is 2.39. The number of benzene rings is 2. The molecule has 0 bridgehead atoms. The van der Waals surface area contributed by atoms with Gasteiger partial charge in [0.1, 0.15) is 29.2 Å². The number of nitrogens with zero attached hydrogens (tertiary/aromatic N) is 4. The summed E-state index contributed by atoms with van der Waals surface area (Å²) in [6, 6.07) is 13.1. The Balaban J connectivity index is 1.39. The van der Waals surface area contributed by atoms with Crippen molar-refractivity contribution in [3.8, 4) is 11.4 Å². The summed E-state index contributed by atoms with van der Waals surface area (Å²) in [6.07, 6.45) is 6.28. The topological polar surface area (TPSA) is 43.6 Å². The standard InChI is InChI=1S/C20H14FN4/c21-17-7-3-5-13-10-22-18(24-19(13)17)9-8-15-12-25-11-14-4-1-2-6-16(14)20(25)23-15/h1-7,12H,8-9,11H2. The van der Waals surface area contributed by atoms with Gasteiger partial charge in [-0.3, -0.25) is 0 Å². The molecule has 0 fully saturated rings. The lowest BCUT2D eigenvalue weighted by Gasteiger charge is -2.02. The number of imidazole rings is 1. The van der Waals surface area contributed by atoms with Gasteiger partial charge in [-0.2, -0.15) is 0 Å². The minimum Gasteiger partial charge on any atom is -0.326 e. The quantitative estimate of drug-likeness (QED) is 0.508. The van der Waals surface area contributed by atoms with Crippen molar-refractivity contribution in [2.45, 2.75) is 19.4 Å². The van der Waals surface area contributed by atoms with E-state index < -0.39 is 0 Å². The summed E-state index contributed by atoms with van der Waals surface area (Å²) in [6.45, 7) is 0.865. The zero-order chi connectivity index (χ0) is 16.8. The first-order chi connectivity index (χ1) is 12.3. The van der Waals surface area contributed by atoms with Crippen LogP contribution in [0.5, 0.6) is 0 Å². The maximum atomic E-state index is 13.9. The lowest BCUT2D eigenvalue weighted by atomic mass is 10.1.